The molecule has 0 fully saturated rings. The SMILES string of the molecule is CC(Br)C(C)(C)NS(=O)(=O)CC(C)(C)C. The predicted molar refractivity (Wildman–Crippen MR) is 68.8 cm³/mol. The van der Waals surface area contributed by atoms with Gasteiger partial charge in [0, 0.05) is 10.4 Å². The maximum atomic E-state index is 11.8. The summed E-state index contributed by atoms with van der Waals surface area (Å²) in [6.07, 6.45) is 0. The van der Waals surface area contributed by atoms with E-state index in [2.05, 4.69) is 20.7 Å². The van der Waals surface area contributed by atoms with Gasteiger partial charge in [-0.1, -0.05) is 43.6 Å². The lowest BCUT2D eigenvalue weighted by Gasteiger charge is -2.30. The Balaban J connectivity index is 4.67. The van der Waals surface area contributed by atoms with Crippen LogP contribution in [0.2, 0.25) is 0 Å². The third-order valence-electron chi connectivity index (χ3n) is 2.04. The average Bonchev–Trinajstić information content (AvgIpc) is 1.75. The average molecular weight is 300 g/mol. The second-order valence-electron chi connectivity index (χ2n) is 5.76. The molecule has 0 saturated carbocycles. The molecule has 15 heavy (non-hydrogen) atoms. The minimum absolute atomic E-state index is 0.0831. The standard InChI is InChI=1S/C10H22BrNO2S/c1-8(11)10(5,6)12-15(13,14)7-9(2,3)4/h8,12H,7H2,1-6H3. The summed E-state index contributed by atoms with van der Waals surface area (Å²) in [4.78, 5) is 0.0831. The molecule has 0 aliphatic carbocycles. The summed E-state index contributed by atoms with van der Waals surface area (Å²) in [5, 5.41) is 0. The van der Waals surface area contributed by atoms with Crippen LogP contribution < -0.4 is 4.72 Å². The highest BCUT2D eigenvalue weighted by Crippen LogP contribution is 2.21. The molecule has 0 heterocycles. The predicted octanol–water partition coefficient (Wildman–Crippen LogP) is 2.51. The molecule has 92 valence electrons. The lowest BCUT2D eigenvalue weighted by molar-refractivity contribution is 0.427. The van der Waals surface area contributed by atoms with E-state index in [1.54, 1.807) is 0 Å². The third-order valence-corrected chi connectivity index (χ3v) is 5.26. The number of nitrogens with one attached hydrogen (secondary N) is 1. The fourth-order valence-electron chi connectivity index (χ4n) is 1.09. The fourth-order valence-corrected chi connectivity index (χ4v) is 3.54. The minimum atomic E-state index is -3.22. The van der Waals surface area contributed by atoms with Crippen molar-refractivity contribution >= 4 is 26.0 Å². The van der Waals surface area contributed by atoms with Crippen molar-refractivity contribution in [2.24, 2.45) is 5.41 Å². The molecule has 0 saturated heterocycles. The molecule has 1 N–H and O–H groups in total. The number of sulfonamides is 1. The lowest BCUT2D eigenvalue weighted by atomic mass is 10.0. The van der Waals surface area contributed by atoms with Crippen LogP contribution in [0, 0.1) is 5.41 Å². The zero-order valence-electron chi connectivity index (χ0n) is 10.4. The van der Waals surface area contributed by atoms with Crippen LogP contribution in [0.1, 0.15) is 41.5 Å². The smallest absolute Gasteiger partial charge is 0.212 e. The topological polar surface area (TPSA) is 46.2 Å². The van der Waals surface area contributed by atoms with Crippen LogP contribution in [0.25, 0.3) is 0 Å². The zero-order valence-corrected chi connectivity index (χ0v) is 12.8. The van der Waals surface area contributed by atoms with Crippen molar-refractivity contribution in [3.8, 4) is 0 Å². The first-order valence-electron chi connectivity index (χ1n) is 5.01. The molecule has 0 aliphatic rings. The summed E-state index contributed by atoms with van der Waals surface area (Å²) in [5.41, 5.74) is -0.693. The van der Waals surface area contributed by atoms with E-state index >= 15 is 0 Å². The van der Waals surface area contributed by atoms with E-state index in [4.69, 9.17) is 0 Å². The molecule has 5 heteroatoms. The summed E-state index contributed by atoms with van der Waals surface area (Å²) in [7, 11) is -3.22. The fraction of sp³-hybridized carbons (Fsp3) is 1.00. The highest BCUT2D eigenvalue weighted by atomic mass is 79.9. The number of rotatable bonds is 4. The molecule has 3 nitrogen and oxygen atoms in total. The molecule has 1 unspecified atom stereocenters. The van der Waals surface area contributed by atoms with Gasteiger partial charge in [0.1, 0.15) is 0 Å². The Morgan fingerprint density at radius 3 is 1.87 bits per heavy atom. The quantitative estimate of drug-likeness (QED) is 0.811. The highest BCUT2D eigenvalue weighted by molar-refractivity contribution is 9.09. The molecule has 0 amide bonds. The maximum Gasteiger partial charge on any atom is 0.212 e. The second kappa shape index (κ2) is 4.72. The van der Waals surface area contributed by atoms with Gasteiger partial charge in [-0.05, 0) is 19.3 Å². The first kappa shape index (κ1) is 15.4. The van der Waals surface area contributed by atoms with Crippen molar-refractivity contribution in [3.63, 3.8) is 0 Å². The van der Waals surface area contributed by atoms with Crippen LogP contribution in [-0.4, -0.2) is 24.5 Å². The van der Waals surface area contributed by atoms with Crippen molar-refractivity contribution < 1.29 is 8.42 Å². The van der Waals surface area contributed by atoms with Crippen LogP contribution >= 0.6 is 15.9 Å². The van der Waals surface area contributed by atoms with Gasteiger partial charge in [0.25, 0.3) is 0 Å². The van der Waals surface area contributed by atoms with Crippen LogP contribution in [0.5, 0.6) is 0 Å². The normalized spacial score (nSPS) is 16.5. The van der Waals surface area contributed by atoms with E-state index in [1.807, 2.05) is 41.5 Å². The van der Waals surface area contributed by atoms with Gasteiger partial charge in [0.15, 0.2) is 0 Å². The Kier molecular flexibility index (Phi) is 4.84. The number of hydrogen-bond acceptors (Lipinski definition) is 2. The summed E-state index contributed by atoms with van der Waals surface area (Å²) < 4.78 is 26.4. The monoisotopic (exact) mass is 299 g/mol. The largest absolute Gasteiger partial charge is 0.212 e. The Morgan fingerprint density at radius 2 is 1.60 bits per heavy atom. The first-order chi connectivity index (χ1) is 6.36. The van der Waals surface area contributed by atoms with Crippen molar-refractivity contribution in [1.29, 1.82) is 0 Å². The van der Waals surface area contributed by atoms with Crippen LogP contribution in [-0.2, 0) is 10.0 Å². The van der Waals surface area contributed by atoms with E-state index in [0.29, 0.717) is 0 Å². The summed E-state index contributed by atoms with van der Waals surface area (Å²) in [6, 6.07) is 0. The highest BCUT2D eigenvalue weighted by Gasteiger charge is 2.31. The van der Waals surface area contributed by atoms with Gasteiger partial charge in [0.05, 0.1) is 5.75 Å². The van der Waals surface area contributed by atoms with Gasteiger partial charge in [-0.15, -0.1) is 0 Å². The van der Waals surface area contributed by atoms with Crippen LogP contribution in [0.3, 0.4) is 0 Å². The van der Waals surface area contributed by atoms with Crippen molar-refractivity contribution in [2.45, 2.75) is 51.9 Å². The summed E-state index contributed by atoms with van der Waals surface area (Å²) in [5.74, 6) is 0.142. The first-order valence-corrected chi connectivity index (χ1v) is 7.58. The molecule has 0 spiro atoms. The Bertz CT molecular complexity index is 302. The molecule has 0 aliphatic heterocycles. The van der Waals surface area contributed by atoms with Gasteiger partial charge >= 0.3 is 0 Å². The Hall–Kier alpha value is 0.390. The van der Waals surface area contributed by atoms with Crippen LogP contribution in [0.4, 0.5) is 0 Å². The Labute approximate surface area is 102 Å². The van der Waals surface area contributed by atoms with Gasteiger partial charge in [-0.3, -0.25) is 0 Å². The molecular formula is C10H22BrNO2S. The molecule has 0 aromatic rings. The summed E-state index contributed by atoms with van der Waals surface area (Å²) >= 11 is 3.40. The van der Waals surface area contributed by atoms with E-state index in [0.717, 1.165) is 0 Å². The molecule has 0 aromatic carbocycles. The Morgan fingerprint density at radius 1 is 1.20 bits per heavy atom. The number of alkyl halides is 1. The van der Waals surface area contributed by atoms with Crippen molar-refractivity contribution in [1.82, 2.24) is 4.72 Å². The lowest BCUT2D eigenvalue weighted by Crippen LogP contribution is -2.50. The number of hydrogen-bond donors (Lipinski definition) is 1. The van der Waals surface area contributed by atoms with E-state index in [9.17, 15) is 8.42 Å². The molecule has 0 bridgehead atoms. The summed E-state index contributed by atoms with van der Waals surface area (Å²) in [6.45, 7) is 11.4. The van der Waals surface area contributed by atoms with Gasteiger partial charge in [-0.2, -0.15) is 0 Å². The molecular weight excluding hydrogens is 278 g/mol. The number of halogens is 1. The molecule has 0 rings (SSSR count). The van der Waals surface area contributed by atoms with Gasteiger partial charge in [-0.25, -0.2) is 13.1 Å². The third kappa shape index (κ3) is 6.53. The van der Waals surface area contributed by atoms with Crippen molar-refractivity contribution in [3.05, 3.63) is 0 Å². The van der Waals surface area contributed by atoms with E-state index < -0.39 is 15.6 Å². The molecule has 0 radical (unpaired) electrons. The maximum absolute atomic E-state index is 11.8. The van der Waals surface area contributed by atoms with Crippen molar-refractivity contribution in [2.75, 3.05) is 5.75 Å². The molecule has 0 aromatic heterocycles. The zero-order chi connectivity index (χ0) is 12.5. The van der Waals surface area contributed by atoms with Gasteiger partial charge < -0.3 is 0 Å². The second-order valence-corrected chi connectivity index (χ2v) is 8.86. The van der Waals surface area contributed by atoms with E-state index in [1.165, 1.54) is 0 Å². The van der Waals surface area contributed by atoms with Gasteiger partial charge in [0.2, 0.25) is 10.0 Å². The van der Waals surface area contributed by atoms with E-state index in [-0.39, 0.29) is 16.0 Å². The minimum Gasteiger partial charge on any atom is -0.212 e. The molecule has 1 atom stereocenters. The van der Waals surface area contributed by atoms with Crippen LogP contribution in [0.15, 0.2) is 0 Å².